The maximum Gasteiger partial charge on any atom is 0.119 e. The number of rotatable bonds is 10. The van der Waals surface area contributed by atoms with Gasteiger partial charge in [0, 0.05) is 6.61 Å². The van der Waals surface area contributed by atoms with Crippen LogP contribution in [0.1, 0.15) is 102 Å². The molecule has 0 bridgehead atoms. The molecule has 0 N–H and O–H groups in total. The summed E-state index contributed by atoms with van der Waals surface area (Å²) >= 11 is 0. The van der Waals surface area contributed by atoms with Crippen LogP contribution in [0.3, 0.4) is 0 Å². The molecule has 0 radical (unpaired) electrons. The fourth-order valence-electron chi connectivity index (χ4n) is 6.71. The number of benzene rings is 1. The molecule has 1 aromatic carbocycles. The van der Waals surface area contributed by atoms with Gasteiger partial charge in [-0.15, -0.1) is 0 Å². The minimum Gasteiger partial charge on any atom is -0.494 e. The van der Waals surface area contributed by atoms with E-state index >= 15 is 0 Å². The average Bonchev–Trinajstić information content (AvgIpc) is 2.81. The third-order valence-electron chi connectivity index (χ3n) is 8.54. The van der Waals surface area contributed by atoms with Crippen LogP contribution in [0, 0.1) is 23.7 Å². The number of ether oxygens (including phenoxy) is 2. The fourth-order valence-corrected chi connectivity index (χ4v) is 6.71. The van der Waals surface area contributed by atoms with Crippen LogP contribution in [0.25, 0.3) is 0 Å². The Balaban J connectivity index is 1.23. The van der Waals surface area contributed by atoms with Crippen LogP contribution in [-0.2, 0) is 17.6 Å². The molecule has 3 unspecified atom stereocenters. The highest BCUT2D eigenvalue weighted by molar-refractivity contribution is 5.37. The number of unbranched alkanes of at least 4 members (excludes halogenated alkanes) is 3. The summed E-state index contributed by atoms with van der Waals surface area (Å²) in [6.45, 7) is 6.28. The van der Waals surface area contributed by atoms with Crippen molar-refractivity contribution in [2.75, 3.05) is 13.2 Å². The van der Waals surface area contributed by atoms with E-state index in [1.54, 1.807) is 11.1 Å². The van der Waals surface area contributed by atoms with E-state index in [1.807, 2.05) is 0 Å². The van der Waals surface area contributed by atoms with Gasteiger partial charge < -0.3 is 9.47 Å². The molecule has 2 fully saturated rings. The monoisotopic (exact) mass is 426 g/mol. The normalized spacial score (nSPS) is 30.5. The molecule has 2 nitrogen and oxygen atoms in total. The summed E-state index contributed by atoms with van der Waals surface area (Å²) in [5, 5.41) is 0. The van der Waals surface area contributed by atoms with Gasteiger partial charge >= 0.3 is 0 Å². The Labute approximate surface area is 191 Å². The molecule has 4 rings (SSSR count). The van der Waals surface area contributed by atoms with Gasteiger partial charge in [0.1, 0.15) is 5.75 Å². The standard InChI is InChI=1S/C29H46O2/c1-3-5-6-7-17-31-29-15-13-25-19-23(9-11-27(25)21-29)22-8-10-26-20-28(30-16-4-2)14-12-24(26)18-22/h12,14,20,22-23,25,27,29H,3-11,13,15-19,21H2,1-2H3/t22?,23?,25-,27?,29-/m1/s1. The minimum absolute atomic E-state index is 0.560. The molecule has 0 amide bonds. The third kappa shape index (κ3) is 6.28. The molecule has 0 aliphatic heterocycles. The Kier molecular flexibility index (Phi) is 8.76. The summed E-state index contributed by atoms with van der Waals surface area (Å²) < 4.78 is 12.1. The Morgan fingerprint density at radius 1 is 0.742 bits per heavy atom. The lowest BCUT2D eigenvalue weighted by molar-refractivity contribution is -0.0250. The maximum atomic E-state index is 6.28. The summed E-state index contributed by atoms with van der Waals surface area (Å²) in [5.74, 6) is 4.86. The van der Waals surface area contributed by atoms with Crippen molar-refractivity contribution in [1.29, 1.82) is 0 Å². The van der Waals surface area contributed by atoms with Crippen LogP contribution < -0.4 is 4.74 Å². The van der Waals surface area contributed by atoms with Crippen molar-refractivity contribution >= 4 is 0 Å². The second-order valence-electron chi connectivity index (χ2n) is 10.7. The first-order valence-corrected chi connectivity index (χ1v) is 13.6. The predicted molar refractivity (Wildman–Crippen MR) is 130 cm³/mol. The topological polar surface area (TPSA) is 18.5 Å². The minimum atomic E-state index is 0.560. The smallest absolute Gasteiger partial charge is 0.119 e. The van der Waals surface area contributed by atoms with Gasteiger partial charge in [0.2, 0.25) is 0 Å². The zero-order chi connectivity index (χ0) is 21.5. The molecule has 2 saturated carbocycles. The lowest BCUT2D eigenvalue weighted by atomic mass is 9.62. The van der Waals surface area contributed by atoms with Gasteiger partial charge in [0.15, 0.2) is 0 Å². The Morgan fingerprint density at radius 3 is 2.39 bits per heavy atom. The molecule has 0 spiro atoms. The Hall–Kier alpha value is -1.02. The maximum absolute atomic E-state index is 6.28. The van der Waals surface area contributed by atoms with Crippen LogP contribution in [0.2, 0.25) is 0 Å². The van der Waals surface area contributed by atoms with E-state index in [4.69, 9.17) is 9.47 Å². The highest BCUT2D eigenvalue weighted by Crippen LogP contribution is 2.47. The SMILES string of the molecule is CCCCCCO[C@@H]1CC[C@@H]2CC(C3CCc4cc(OCCC)ccc4C3)CCC2C1. The van der Waals surface area contributed by atoms with Gasteiger partial charge in [-0.3, -0.25) is 0 Å². The Bertz CT molecular complexity index is 669. The molecule has 3 aliphatic carbocycles. The van der Waals surface area contributed by atoms with Crippen molar-refractivity contribution in [2.45, 2.75) is 110 Å². The quantitative estimate of drug-likeness (QED) is 0.356. The van der Waals surface area contributed by atoms with E-state index in [-0.39, 0.29) is 0 Å². The molecule has 2 heteroatoms. The molecule has 31 heavy (non-hydrogen) atoms. The zero-order valence-electron chi connectivity index (χ0n) is 20.2. The number of hydrogen-bond acceptors (Lipinski definition) is 2. The summed E-state index contributed by atoms with van der Waals surface area (Å²) in [5.41, 5.74) is 3.15. The van der Waals surface area contributed by atoms with E-state index in [0.29, 0.717) is 6.10 Å². The molecular weight excluding hydrogens is 380 g/mol. The number of aryl methyl sites for hydroxylation is 1. The predicted octanol–water partition coefficient (Wildman–Crippen LogP) is 7.76. The molecule has 1 aromatic rings. The van der Waals surface area contributed by atoms with Crippen LogP contribution in [0.4, 0.5) is 0 Å². The summed E-state index contributed by atoms with van der Waals surface area (Å²) in [4.78, 5) is 0. The molecule has 174 valence electrons. The first-order chi connectivity index (χ1) is 15.3. The molecule has 3 aliphatic rings. The van der Waals surface area contributed by atoms with E-state index < -0.39 is 0 Å². The second-order valence-corrected chi connectivity index (χ2v) is 10.7. The van der Waals surface area contributed by atoms with Gasteiger partial charge in [-0.2, -0.15) is 0 Å². The van der Waals surface area contributed by atoms with Gasteiger partial charge in [0.25, 0.3) is 0 Å². The first-order valence-electron chi connectivity index (χ1n) is 13.6. The highest BCUT2D eigenvalue weighted by Gasteiger charge is 2.38. The van der Waals surface area contributed by atoms with Crippen molar-refractivity contribution in [3.63, 3.8) is 0 Å². The average molecular weight is 427 g/mol. The van der Waals surface area contributed by atoms with E-state index in [0.717, 1.165) is 49.1 Å². The van der Waals surface area contributed by atoms with Crippen molar-refractivity contribution < 1.29 is 9.47 Å². The number of hydrogen-bond donors (Lipinski definition) is 0. The second kappa shape index (κ2) is 11.7. The van der Waals surface area contributed by atoms with Crippen molar-refractivity contribution in [1.82, 2.24) is 0 Å². The van der Waals surface area contributed by atoms with Crippen molar-refractivity contribution in [3.05, 3.63) is 29.3 Å². The van der Waals surface area contributed by atoms with Gasteiger partial charge in [0.05, 0.1) is 12.7 Å². The lowest BCUT2D eigenvalue weighted by Gasteiger charge is -2.45. The van der Waals surface area contributed by atoms with E-state index in [2.05, 4.69) is 32.0 Å². The van der Waals surface area contributed by atoms with E-state index in [9.17, 15) is 0 Å². The first kappa shape index (κ1) is 23.1. The van der Waals surface area contributed by atoms with Crippen LogP contribution in [0.5, 0.6) is 5.75 Å². The van der Waals surface area contributed by atoms with Crippen LogP contribution in [0.15, 0.2) is 18.2 Å². The van der Waals surface area contributed by atoms with Gasteiger partial charge in [-0.25, -0.2) is 0 Å². The molecule has 0 saturated heterocycles. The van der Waals surface area contributed by atoms with Gasteiger partial charge in [-0.1, -0.05) is 39.2 Å². The molecular formula is C29H46O2. The summed E-state index contributed by atoms with van der Waals surface area (Å²) in [7, 11) is 0. The highest BCUT2D eigenvalue weighted by atomic mass is 16.5. The Morgan fingerprint density at radius 2 is 1.55 bits per heavy atom. The van der Waals surface area contributed by atoms with Crippen LogP contribution in [-0.4, -0.2) is 19.3 Å². The molecule has 0 aromatic heterocycles. The van der Waals surface area contributed by atoms with Crippen molar-refractivity contribution in [3.8, 4) is 5.75 Å². The number of fused-ring (bicyclic) bond motifs is 2. The van der Waals surface area contributed by atoms with Gasteiger partial charge in [-0.05, 0) is 118 Å². The van der Waals surface area contributed by atoms with Crippen LogP contribution >= 0.6 is 0 Å². The summed E-state index contributed by atoms with van der Waals surface area (Å²) in [6, 6.07) is 6.89. The summed E-state index contributed by atoms with van der Waals surface area (Å²) in [6.07, 6.45) is 19.3. The zero-order valence-corrected chi connectivity index (χ0v) is 20.2. The van der Waals surface area contributed by atoms with E-state index in [1.165, 1.54) is 83.5 Å². The lowest BCUT2D eigenvalue weighted by Crippen LogP contribution is -2.37. The molecule has 0 heterocycles. The van der Waals surface area contributed by atoms with Crippen molar-refractivity contribution in [2.24, 2.45) is 23.7 Å². The third-order valence-corrected chi connectivity index (χ3v) is 8.54. The largest absolute Gasteiger partial charge is 0.494 e. The molecule has 5 atom stereocenters. The fraction of sp³-hybridized carbons (Fsp3) is 0.793.